The van der Waals surface area contributed by atoms with Gasteiger partial charge in [0.2, 0.25) is 0 Å². The normalized spacial score (nSPS) is 20.9. The summed E-state index contributed by atoms with van der Waals surface area (Å²) in [6, 6.07) is 0. The third-order valence-electron chi connectivity index (χ3n) is 4.49. The molecule has 2 aliphatic rings. The Balaban J connectivity index is 1.50. The number of hydrogen-bond acceptors (Lipinski definition) is 6. The summed E-state index contributed by atoms with van der Waals surface area (Å²) in [7, 11) is 1.39. The highest BCUT2D eigenvalue weighted by molar-refractivity contribution is 7.13. The Morgan fingerprint density at radius 1 is 1.33 bits per heavy atom. The minimum Gasteiger partial charge on any atom is -0.464 e. The molecule has 0 amide bonds. The van der Waals surface area contributed by atoms with E-state index in [1.54, 1.807) is 5.38 Å². The SMILES string of the molecule is COC(=O)c1csc(N2CCC(CN3CCCC3)CC2)n1. The Morgan fingerprint density at radius 2 is 2.05 bits per heavy atom. The van der Waals surface area contributed by atoms with Crippen molar-refractivity contribution in [3.05, 3.63) is 11.1 Å². The molecule has 2 fully saturated rings. The number of methoxy groups -OCH3 is 1. The Kier molecular flexibility index (Phi) is 4.75. The van der Waals surface area contributed by atoms with Crippen LogP contribution in [0.15, 0.2) is 5.38 Å². The van der Waals surface area contributed by atoms with Gasteiger partial charge in [0, 0.05) is 25.0 Å². The number of carbonyl (C=O) groups is 1. The molecule has 2 aliphatic heterocycles. The fourth-order valence-corrected chi connectivity index (χ4v) is 4.09. The summed E-state index contributed by atoms with van der Waals surface area (Å²) in [5.74, 6) is 0.473. The van der Waals surface area contributed by atoms with Gasteiger partial charge in [-0.05, 0) is 44.7 Å². The first-order chi connectivity index (χ1) is 10.3. The molecule has 0 aliphatic carbocycles. The van der Waals surface area contributed by atoms with Gasteiger partial charge < -0.3 is 14.5 Å². The van der Waals surface area contributed by atoms with Crippen LogP contribution in [0.5, 0.6) is 0 Å². The molecule has 5 nitrogen and oxygen atoms in total. The number of carbonyl (C=O) groups excluding carboxylic acids is 1. The van der Waals surface area contributed by atoms with E-state index in [1.165, 1.54) is 63.8 Å². The summed E-state index contributed by atoms with van der Waals surface area (Å²) in [6.45, 7) is 5.93. The average Bonchev–Trinajstić information content (AvgIpc) is 3.18. The van der Waals surface area contributed by atoms with E-state index in [2.05, 4.69) is 14.8 Å². The number of esters is 1. The largest absolute Gasteiger partial charge is 0.464 e. The highest BCUT2D eigenvalue weighted by Gasteiger charge is 2.24. The van der Waals surface area contributed by atoms with Crippen molar-refractivity contribution < 1.29 is 9.53 Å². The minimum atomic E-state index is -0.346. The van der Waals surface area contributed by atoms with Crippen molar-refractivity contribution in [3.8, 4) is 0 Å². The Bertz CT molecular complexity index is 477. The third kappa shape index (κ3) is 3.55. The molecule has 116 valence electrons. The zero-order valence-electron chi connectivity index (χ0n) is 12.6. The smallest absolute Gasteiger partial charge is 0.357 e. The van der Waals surface area contributed by atoms with Crippen LogP contribution in [0.3, 0.4) is 0 Å². The number of anilines is 1. The molecular formula is C15H23N3O2S. The number of piperidine rings is 1. The molecule has 0 N–H and O–H groups in total. The maximum atomic E-state index is 11.5. The van der Waals surface area contributed by atoms with Gasteiger partial charge in [-0.25, -0.2) is 9.78 Å². The number of ether oxygens (including phenoxy) is 1. The van der Waals surface area contributed by atoms with E-state index in [0.717, 1.165) is 24.1 Å². The molecule has 0 bridgehead atoms. The van der Waals surface area contributed by atoms with Crippen molar-refractivity contribution in [2.24, 2.45) is 5.92 Å². The van der Waals surface area contributed by atoms with Crippen LogP contribution in [0, 0.1) is 5.92 Å². The van der Waals surface area contributed by atoms with Gasteiger partial charge in [0.05, 0.1) is 7.11 Å². The molecule has 1 aromatic heterocycles. The van der Waals surface area contributed by atoms with E-state index in [9.17, 15) is 4.79 Å². The zero-order valence-corrected chi connectivity index (χ0v) is 13.4. The van der Waals surface area contributed by atoms with Gasteiger partial charge in [0.25, 0.3) is 0 Å². The van der Waals surface area contributed by atoms with Crippen LogP contribution in [0.1, 0.15) is 36.2 Å². The number of hydrogen-bond donors (Lipinski definition) is 0. The lowest BCUT2D eigenvalue weighted by Gasteiger charge is -2.33. The quantitative estimate of drug-likeness (QED) is 0.798. The zero-order chi connectivity index (χ0) is 14.7. The van der Waals surface area contributed by atoms with Gasteiger partial charge in [-0.3, -0.25) is 0 Å². The Labute approximate surface area is 129 Å². The Hall–Kier alpha value is -1.14. The fraction of sp³-hybridized carbons (Fsp3) is 0.733. The molecule has 6 heteroatoms. The van der Waals surface area contributed by atoms with Crippen molar-refractivity contribution in [2.45, 2.75) is 25.7 Å². The predicted molar refractivity (Wildman–Crippen MR) is 84.1 cm³/mol. The van der Waals surface area contributed by atoms with Crippen LogP contribution in [0.4, 0.5) is 5.13 Å². The maximum absolute atomic E-state index is 11.5. The highest BCUT2D eigenvalue weighted by Crippen LogP contribution is 2.27. The molecule has 0 spiro atoms. The van der Waals surface area contributed by atoms with Crippen molar-refractivity contribution >= 4 is 22.4 Å². The average molecular weight is 309 g/mol. The number of likely N-dealkylation sites (tertiary alicyclic amines) is 1. The molecule has 21 heavy (non-hydrogen) atoms. The molecule has 0 atom stereocenters. The van der Waals surface area contributed by atoms with Crippen LogP contribution in [0.25, 0.3) is 0 Å². The van der Waals surface area contributed by atoms with Crippen molar-refractivity contribution in [2.75, 3.05) is 44.7 Å². The molecule has 1 aromatic rings. The first kappa shape index (κ1) is 14.8. The van der Waals surface area contributed by atoms with Crippen LogP contribution in [-0.4, -0.2) is 55.7 Å². The Morgan fingerprint density at radius 3 is 2.71 bits per heavy atom. The summed E-state index contributed by atoms with van der Waals surface area (Å²) < 4.78 is 4.71. The lowest BCUT2D eigenvalue weighted by molar-refractivity contribution is 0.0595. The standard InChI is InChI=1S/C15H23N3O2S/c1-20-14(19)13-11-21-15(16-13)18-8-4-12(5-9-18)10-17-6-2-3-7-17/h11-12H,2-10H2,1H3. The molecule has 0 radical (unpaired) electrons. The molecule has 0 aromatic carbocycles. The highest BCUT2D eigenvalue weighted by atomic mass is 32.1. The van der Waals surface area contributed by atoms with Crippen LogP contribution < -0.4 is 4.90 Å². The summed E-state index contributed by atoms with van der Waals surface area (Å²) in [4.78, 5) is 20.8. The molecule has 3 heterocycles. The van der Waals surface area contributed by atoms with Crippen molar-refractivity contribution in [1.82, 2.24) is 9.88 Å². The molecule has 0 unspecified atom stereocenters. The molecular weight excluding hydrogens is 286 g/mol. The van der Waals surface area contributed by atoms with Gasteiger partial charge in [0.1, 0.15) is 0 Å². The van der Waals surface area contributed by atoms with E-state index in [4.69, 9.17) is 4.74 Å². The lowest BCUT2D eigenvalue weighted by atomic mass is 9.96. The monoisotopic (exact) mass is 309 g/mol. The predicted octanol–water partition coefficient (Wildman–Crippen LogP) is 2.24. The second-order valence-corrected chi connectivity index (χ2v) is 6.78. The number of nitrogens with zero attached hydrogens (tertiary/aromatic N) is 3. The number of aromatic nitrogens is 1. The molecule has 2 saturated heterocycles. The van der Waals surface area contributed by atoms with E-state index in [-0.39, 0.29) is 5.97 Å². The fourth-order valence-electron chi connectivity index (χ4n) is 3.25. The van der Waals surface area contributed by atoms with Crippen molar-refractivity contribution in [1.29, 1.82) is 0 Å². The van der Waals surface area contributed by atoms with Gasteiger partial charge >= 0.3 is 5.97 Å². The second kappa shape index (κ2) is 6.75. The summed E-state index contributed by atoms with van der Waals surface area (Å²) in [6.07, 6.45) is 5.19. The lowest BCUT2D eigenvalue weighted by Crippen LogP contribution is -2.38. The minimum absolute atomic E-state index is 0.346. The van der Waals surface area contributed by atoms with Crippen LogP contribution in [0.2, 0.25) is 0 Å². The topological polar surface area (TPSA) is 45.7 Å². The van der Waals surface area contributed by atoms with Gasteiger partial charge in [0.15, 0.2) is 10.8 Å². The van der Waals surface area contributed by atoms with E-state index in [1.807, 2.05) is 0 Å². The van der Waals surface area contributed by atoms with Gasteiger partial charge in [-0.15, -0.1) is 11.3 Å². The van der Waals surface area contributed by atoms with Crippen molar-refractivity contribution in [3.63, 3.8) is 0 Å². The van der Waals surface area contributed by atoms with Crippen LogP contribution in [-0.2, 0) is 4.74 Å². The number of rotatable bonds is 4. The summed E-state index contributed by atoms with van der Waals surface area (Å²) in [5, 5.41) is 2.74. The summed E-state index contributed by atoms with van der Waals surface area (Å²) in [5.41, 5.74) is 0.427. The molecule has 3 rings (SSSR count). The molecule has 0 saturated carbocycles. The van der Waals surface area contributed by atoms with Gasteiger partial charge in [-0.1, -0.05) is 0 Å². The van der Waals surface area contributed by atoms with Gasteiger partial charge in [-0.2, -0.15) is 0 Å². The van der Waals surface area contributed by atoms with E-state index >= 15 is 0 Å². The third-order valence-corrected chi connectivity index (χ3v) is 5.39. The van der Waals surface area contributed by atoms with E-state index < -0.39 is 0 Å². The maximum Gasteiger partial charge on any atom is 0.357 e. The first-order valence-electron chi connectivity index (χ1n) is 7.77. The number of thiazole rings is 1. The van der Waals surface area contributed by atoms with E-state index in [0.29, 0.717) is 5.69 Å². The summed E-state index contributed by atoms with van der Waals surface area (Å²) >= 11 is 1.54. The second-order valence-electron chi connectivity index (χ2n) is 5.95. The first-order valence-corrected chi connectivity index (χ1v) is 8.65. The van der Waals surface area contributed by atoms with Crippen LogP contribution >= 0.6 is 11.3 Å².